The molecule has 0 N–H and O–H groups in total. The molecule has 57 heavy (non-hydrogen) atoms. The number of aryl methyl sites for hydroxylation is 2. The lowest BCUT2D eigenvalue weighted by Crippen LogP contribution is -2.71. The molecule has 15 rings (SSSR count). The van der Waals surface area contributed by atoms with Crippen molar-refractivity contribution in [2.75, 3.05) is 0 Å². The number of benzene rings is 7. The first kappa shape index (κ1) is 28.9. The Morgan fingerprint density at radius 2 is 1.18 bits per heavy atom. The molecule has 264 valence electrons. The molecule has 0 saturated heterocycles. The summed E-state index contributed by atoms with van der Waals surface area (Å²) in [5.74, 6) is 1.83. The van der Waals surface area contributed by atoms with E-state index < -0.39 is 5.66 Å². The van der Waals surface area contributed by atoms with Crippen LogP contribution in [-0.4, -0.2) is 13.4 Å². The van der Waals surface area contributed by atoms with Gasteiger partial charge in [-0.2, -0.15) is 17.9 Å². The zero-order valence-electron chi connectivity index (χ0n) is 31.1. The molecule has 6 heteroatoms. The van der Waals surface area contributed by atoms with Gasteiger partial charge < -0.3 is 9.30 Å². The molecule has 1 atom stereocenters. The van der Waals surface area contributed by atoms with Crippen molar-refractivity contribution in [2.24, 2.45) is 0 Å². The fraction of sp³-hybridized carbons (Fsp3) is 0.0588. The monoisotopic (exact) mass is 729 g/mol. The maximum Gasteiger partial charge on any atom is 0.315 e. The third-order valence-electron chi connectivity index (χ3n) is 13.7. The summed E-state index contributed by atoms with van der Waals surface area (Å²) in [4.78, 5) is 0. The Morgan fingerprint density at radius 1 is 0.526 bits per heavy atom. The van der Waals surface area contributed by atoms with Crippen molar-refractivity contribution in [1.82, 2.24) is 13.4 Å². The third kappa shape index (κ3) is 2.99. The molecule has 0 saturated carbocycles. The van der Waals surface area contributed by atoms with Gasteiger partial charge >= 0.3 is 5.66 Å². The lowest BCUT2D eigenvalue weighted by molar-refractivity contribution is -0.944. The SMILES string of the molecule is Cc1cccc(C)c1-c1c[n+]2c3c4c5c(ccc4c4cc6c7ccccc7n(-c7ccccc7)c6cc4n13)Oc1ccc3c4ccccc4n4cc[n+]6c4c3c1C562. The highest BCUT2D eigenvalue weighted by atomic mass is 16.5. The van der Waals surface area contributed by atoms with E-state index in [1.807, 2.05) is 0 Å². The number of hydrogen-bond acceptors (Lipinski definition) is 1. The van der Waals surface area contributed by atoms with Gasteiger partial charge in [-0.3, -0.25) is 0 Å². The number of imidazole rings is 2. The van der Waals surface area contributed by atoms with Crippen molar-refractivity contribution < 1.29 is 13.9 Å². The first-order chi connectivity index (χ1) is 28.1. The summed E-state index contributed by atoms with van der Waals surface area (Å²) in [7, 11) is 0. The second-order valence-electron chi connectivity index (χ2n) is 16.3. The van der Waals surface area contributed by atoms with Crippen LogP contribution in [0.4, 0.5) is 0 Å². The van der Waals surface area contributed by atoms with Gasteiger partial charge in [0, 0.05) is 49.6 Å². The Bertz CT molecular complexity index is 3900. The van der Waals surface area contributed by atoms with Crippen molar-refractivity contribution >= 4 is 76.5 Å². The number of nitrogens with zero attached hydrogens (tertiary/aromatic N) is 5. The zero-order chi connectivity index (χ0) is 37.1. The minimum absolute atomic E-state index is 0.693. The standard InChI is InChI=1S/C51H31N5O/c1-28-11-10-12-29(2)44(28)41-27-54-50-46-34(36-25-35-32-16-7-9-18-38(32)55(30-13-4-3-5-14-30)39(35)26-40(36)56(41)50)20-22-43-48(46)51(54)47-42(57-43)21-19-33-31-15-6-8-17-37(31)52-23-24-53(51)49(52)45(33)47/h3-27H,1-2H3/q+2. The first-order valence-corrected chi connectivity index (χ1v) is 19.8. The van der Waals surface area contributed by atoms with Crippen LogP contribution in [0.25, 0.3) is 93.4 Å². The Morgan fingerprint density at radius 3 is 1.95 bits per heavy atom. The molecule has 3 aliphatic rings. The molecule has 12 aromatic rings. The lowest BCUT2D eigenvalue weighted by Gasteiger charge is -2.30. The van der Waals surface area contributed by atoms with E-state index in [-0.39, 0.29) is 0 Å². The fourth-order valence-electron chi connectivity index (χ4n) is 11.6. The fourth-order valence-corrected chi connectivity index (χ4v) is 11.6. The van der Waals surface area contributed by atoms with Gasteiger partial charge in [0.15, 0.2) is 5.69 Å². The van der Waals surface area contributed by atoms with Gasteiger partial charge in [0.2, 0.25) is 0 Å². The summed E-state index contributed by atoms with van der Waals surface area (Å²) in [6, 6.07) is 49.1. The molecule has 0 aliphatic carbocycles. The van der Waals surface area contributed by atoms with Crippen LogP contribution in [0.3, 0.4) is 0 Å². The predicted molar refractivity (Wildman–Crippen MR) is 226 cm³/mol. The van der Waals surface area contributed by atoms with Crippen LogP contribution in [0, 0.1) is 13.8 Å². The summed E-state index contributed by atoms with van der Waals surface area (Å²) < 4.78 is 19.6. The third-order valence-corrected chi connectivity index (χ3v) is 13.7. The van der Waals surface area contributed by atoms with E-state index in [0.29, 0.717) is 0 Å². The second kappa shape index (κ2) is 9.32. The average Bonchev–Trinajstić information content (AvgIpc) is 4.05. The molecule has 0 bridgehead atoms. The molecule has 5 aromatic heterocycles. The van der Waals surface area contributed by atoms with Crippen molar-refractivity contribution in [1.29, 1.82) is 0 Å². The van der Waals surface area contributed by atoms with Gasteiger partial charge in [-0.05, 0) is 79.6 Å². The Labute approximate surface area is 324 Å². The van der Waals surface area contributed by atoms with E-state index in [4.69, 9.17) is 4.74 Å². The van der Waals surface area contributed by atoms with E-state index in [1.54, 1.807) is 0 Å². The number of para-hydroxylation sites is 3. The smallest absolute Gasteiger partial charge is 0.315 e. The highest BCUT2D eigenvalue weighted by molar-refractivity contribution is 6.22. The van der Waals surface area contributed by atoms with Crippen LogP contribution in [0.5, 0.6) is 11.5 Å². The summed E-state index contributed by atoms with van der Waals surface area (Å²) in [6.07, 6.45) is 7.03. The molecule has 1 unspecified atom stereocenters. The Hall–Kier alpha value is -7.44. The highest BCUT2D eigenvalue weighted by Crippen LogP contribution is 2.58. The van der Waals surface area contributed by atoms with E-state index in [9.17, 15) is 0 Å². The molecular weight excluding hydrogens is 699 g/mol. The largest absolute Gasteiger partial charge is 0.456 e. The van der Waals surface area contributed by atoms with Crippen molar-refractivity contribution in [3.8, 4) is 28.4 Å². The maximum atomic E-state index is 7.05. The molecule has 8 heterocycles. The van der Waals surface area contributed by atoms with Crippen molar-refractivity contribution in [3.63, 3.8) is 0 Å². The number of ether oxygens (including phenoxy) is 1. The highest BCUT2D eigenvalue weighted by Gasteiger charge is 2.65. The molecule has 0 radical (unpaired) electrons. The van der Waals surface area contributed by atoms with Gasteiger partial charge in [0.1, 0.15) is 52.2 Å². The number of rotatable bonds is 2. The van der Waals surface area contributed by atoms with Crippen molar-refractivity contribution in [3.05, 3.63) is 174 Å². The normalized spacial score (nSPS) is 16.1. The van der Waals surface area contributed by atoms with Crippen LogP contribution in [0.15, 0.2) is 152 Å². The average molecular weight is 730 g/mol. The molecule has 7 aromatic carbocycles. The van der Waals surface area contributed by atoms with Crippen molar-refractivity contribution in [2.45, 2.75) is 19.5 Å². The van der Waals surface area contributed by atoms with E-state index in [0.717, 1.165) is 17.2 Å². The number of hydrogen-bond donors (Lipinski definition) is 0. The van der Waals surface area contributed by atoms with Crippen LogP contribution in [0.2, 0.25) is 0 Å². The predicted octanol–water partition coefficient (Wildman–Crippen LogP) is 10.8. The van der Waals surface area contributed by atoms with Gasteiger partial charge in [-0.15, -0.1) is 0 Å². The molecular formula is C51H31N5O+2. The quantitative estimate of drug-likeness (QED) is 0.129. The van der Waals surface area contributed by atoms with Gasteiger partial charge in [0.25, 0.3) is 11.3 Å². The maximum absolute atomic E-state index is 7.05. The van der Waals surface area contributed by atoms with Gasteiger partial charge in [0.05, 0.1) is 21.8 Å². The number of aromatic nitrogens is 5. The summed E-state index contributed by atoms with van der Waals surface area (Å²) >= 11 is 0. The molecule has 3 aliphatic heterocycles. The van der Waals surface area contributed by atoms with Gasteiger partial charge in [-0.25, -0.2) is 0 Å². The topological polar surface area (TPSA) is 30.7 Å². The number of fused-ring (bicyclic) bond motifs is 9. The minimum Gasteiger partial charge on any atom is -0.456 e. The Balaban J connectivity index is 1.21. The van der Waals surface area contributed by atoms with Crippen LogP contribution < -0.4 is 13.9 Å². The minimum atomic E-state index is -0.693. The second-order valence-corrected chi connectivity index (χ2v) is 16.3. The summed E-state index contributed by atoms with van der Waals surface area (Å²) in [5, 5.41) is 9.96. The van der Waals surface area contributed by atoms with Crippen LogP contribution in [-0.2, 0) is 5.66 Å². The molecule has 1 spiro atoms. The Kier molecular flexibility index (Phi) is 4.73. The lowest BCUT2D eigenvalue weighted by atomic mass is 9.85. The van der Waals surface area contributed by atoms with E-state index in [1.165, 1.54) is 110 Å². The summed E-state index contributed by atoms with van der Waals surface area (Å²) in [6.45, 7) is 4.51. The molecule has 6 nitrogen and oxygen atoms in total. The zero-order valence-corrected chi connectivity index (χ0v) is 31.1. The van der Waals surface area contributed by atoms with Crippen LogP contribution in [0.1, 0.15) is 22.3 Å². The number of pyridine rings is 2. The van der Waals surface area contributed by atoms with Crippen LogP contribution >= 0.6 is 0 Å². The van der Waals surface area contributed by atoms with E-state index in [2.05, 4.69) is 188 Å². The van der Waals surface area contributed by atoms with E-state index >= 15 is 0 Å². The molecule has 0 amide bonds. The first-order valence-electron chi connectivity index (χ1n) is 19.8. The summed E-state index contributed by atoms with van der Waals surface area (Å²) in [5.41, 5.74) is 15.0. The van der Waals surface area contributed by atoms with Gasteiger partial charge in [-0.1, -0.05) is 72.8 Å². The molecule has 0 fully saturated rings.